The van der Waals surface area contributed by atoms with Gasteiger partial charge in [0.2, 0.25) is 5.88 Å². The van der Waals surface area contributed by atoms with Crippen LogP contribution in [0.5, 0.6) is 5.88 Å². The molecule has 1 unspecified atom stereocenters. The molecule has 17 heavy (non-hydrogen) atoms. The molecule has 2 aromatic heterocycles. The van der Waals surface area contributed by atoms with Crippen molar-refractivity contribution in [2.75, 3.05) is 14.2 Å². The molecule has 0 aliphatic heterocycles. The molecule has 0 radical (unpaired) electrons. The quantitative estimate of drug-likeness (QED) is 0.892. The van der Waals surface area contributed by atoms with E-state index in [1.54, 1.807) is 30.8 Å². The molecule has 2 rings (SSSR count). The summed E-state index contributed by atoms with van der Waals surface area (Å²) in [4.78, 5) is 13.8. The topological polar surface area (TPSA) is 59.9 Å². The molecule has 1 N–H and O–H groups in total. The van der Waals surface area contributed by atoms with Crippen LogP contribution in [0, 0.1) is 6.92 Å². The number of aromatic nitrogens is 3. The van der Waals surface area contributed by atoms with Crippen LogP contribution in [0.4, 0.5) is 0 Å². The van der Waals surface area contributed by atoms with Crippen LogP contribution in [0.2, 0.25) is 0 Å². The maximum absolute atomic E-state index is 5.23. The number of hydrogen-bond acceptors (Lipinski definition) is 6. The van der Waals surface area contributed by atoms with E-state index < -0.39 is 0 Å². The molecule has 0 saturated carbocycles. The van der Waals surface area contributed by atoms with Crippen molar-refractivity contribution < 1.29 is 4.74 Å². The van der Waals surface area contributed by atoms with Crippen molar-refractivity contribution in [1.29, 1.82) is 0 Å². The van der Waals surface area contributed by atoms with Crippen LogP contribution >= 0.6 is 11.3 Å². The van der Waals surface area contributed by atoms with E-state index in [-0.39, 0.29) is 6.04 Å². The summed E-state index contributed by atoms with van der Waals surface area (Å²) in [6.07, 6.45) is 5.14. The molecule has 0 aliphatic rings. The van der Waals surface area contributed by atoms with Crippen LogP contribution in [0.25, 0.3) is 0 Å². The summed E-state index contributed by atoms with van der Waals surface area (Å²) in [6.45, 7) is 1.98. The predicted molar refractivity (Wildman–Crippen MR) is 66.3 cm³/mol. The maximum atomic E-state index is 5.23. The van der Waals surface area contributed by atoms with Gasteiger partial charge in [0.1, 0.15) is 5.69 Å². The second-order valence-electron chi connectivity index (χ2n) is 3.45. The smallest absolute Gasteiger partial charge is 0.237 e. The zero-order valence-corrected chi connectivity index (χ0v) is 10.8. The minimum Gasteiger partial charge on any atom is -0.480 e. The van der Waals surface area contributed by atoms with Gasteiger partial charge < -0.3 is 10.1 Å². The monoisotopic (exact) mass is 250 g/mol. The SMILES string of the molecule is CNC(c1cnc(C)s1)c1nccnc1OC. The molecule has 0 aromatic carbocycles. The predicted octanol–water partition coefficient (Wildman–Crippen LogP) is 1.56. The Morgan fingerprint density at radius 3 is 2.65 bits per heavy atom. The Bertz CT molecular complexity index is 500. The fourth-order valence-electron chi connectivity index (χ4n) is 1.62. The number of ether oxygens (including phenoxy) is 1. The first-order valence-corrected chi connectivity index (χ1v) is 6.02. The molecular weight excluding hydrogens is 236 g/mol. The molecule has 5 nitrogen and oxygen atoms in total. The fraction of sp³-hybridized carbons (Fsp3) is 0.364. The van der Waals surface area contributed by atoms with Gasteiger partial charge in [0.05, 0.1) is 18.2 Å². The first kappa shape index (κ1) is 11.9. The van der Waals surface area contributed by atoms with Gasteiger partial charge in [-0.15, -0.1) is 11.3 Å². The molecule has 0 fully saturated rings. The zero-order valence-electron chi connectivity index (χ0n) is 9.97. The molecule has 0 aliphatic carbocycles. The van der Waals surface area contributed by atoms with Gasteiger partial charge >= 0.3 is 0 Å². The van der Waals surface area contributed by atoms with Crippen molar-refractivity contribution in [2.45, 2.75) is 13.0 Å². The summed E-state index contributed by atoms with van der Waals surface area (Å²) in [5, 5.41) is 4.24. The van der Waals surface area contributed by atoms with Crippen LogP contribution in [-0.2, 0) is 0 Å². The fourth-order valence-corrected chi connectivity index (χ4v) is 2.52. The van der Waals surface area contributed by atoms with Gasteiger partial charge in [-0.25, -0.2) is 9.97 Å². The van der Waals surface area contributed by atoms with E-state index in [1.807, 2.05) is 20.2 Å². The van der Waals surface area contributed by atoms with Gasteiger partial charge in [-0.3, -0.25) is 4.98 Å². The Balaban J connectivity index is 2.41. The average molecular weight is 250 g/mol. The van der Waals surface area contributed by atoms with E-state index in [0.29, 0.717) is 5.88 Å². The van der Waals surface area contributed by atoms with E-state index in [1.165, 1.54) is 0 Å². The van der Waals surface area contributed by atoms with Crippen molar-refractivity contribution in [1.82, 2.24) is 20.3 Å². The van der Waals surface area contributed by atoms with E-state index in [4.69, 9.17) is 4.74 Å². The minimum absolute atomic E-state index is 0.0372. The van der Waals surface area contributed by atoms with Crippen molar-refractivity contribution in [3.8, 4) is 5.88 Å². The maximum Gasteiger partial charge on any atom is 0.237 e. The van der Waals surface area contributed by atoms with Crippen molar-refractivity contribution in [3.63, 3.8) is 0 Å². The summed E-state index contributed by atoms with van der Waals surface area (Å²) in [5.41, 5.74) is 0.779. The largest absolute Gasteiger partial charge is 0.480 e. The summed E-state index contributed by atoms with van der Waals surface area (Å²) in [5.74, 6) is 0.540. The molecular formula is C11H14N4OS. The Kier molecular flexibility index (Phi) is 3.65. The van der Waals surface area contributed by atoms with Gasteiger partial charge in [-0.1, -0.05) is 0 Å². The molecule has 90 valence electrons. The Hall–Kier alpha value is -1.53. The van der Waals surface area contributed by atoms with Crippen LogP contribution < -0.4 is 10.1 Å². The Morgan fingerprint density at radius 2 is 2.06 bits per heavy atom. The standard InChI is InChI=1S/C11H14N4OS/c1-7-15-6-8(17-7)9(12-2)10-11(16-3)14-5-4-13-10/h4-6,9,12H,1-3H3. The average Bonchev–Trinajstić information content (AvgIpc) is 2.77. The van der Waals surface area contributed by atoms with E-state index in [2.05, 4.69) is 20.3 Å². The second kappa shape index (κ2) is 5.20. The first-order valence-electron chi connectivity index (χ1n) is 5.20. The van der Waals surface area contributed by atoms with Crippen LogP contribution in [-0.4, -0.2) is 29.1 Å². The minimum atomic E-state index is -0.0372. The third-order valence-electron chi connectivity index (χ3n) is 2.37. The Morgan fingerprint density at radius 1 is 1.29 bits per heavy atom. The number of nitrogens with one attached hydrogen (secondary N) is 1. The molecule has 1 atom stereocenters. The number of rotatable bonds is 4. The zero-order chi connectivity index (χ0) is 12.3. The lowest BCUT2D eigenvalue weighted by Gasteiger charge is -2.15. The second-order valence-corrected chi connectivity index (χ2v) is 4.72. The summed E-state index contributed by atoms with van der Waals surface area (Å²) < 4.78 is 5.23. The number of hydrogen-bond donors (Lipinski definition) is 1. The Labute approximate surface area is 104 Å². The van der Waals surface area contributed by atoms with Crippen LogP contribution in [0.15, 0.2) is 18.6 Å². The van der Waals surface area contributed by atoms with E-state index in [9.17, 15) is 0 Å². The highest BCUT2D eigenvalue weighted by Crippen LogP contribution is 2.29. The normalized spacial score (nSPS) is 12.4. The molecule has 2 aromatic rings. The molecule has 0 saturated heterocycles. The number of nitrogens with zero attached hydrogens (tertiary/aromatic N) is 3. The number of methoxy groups -OCH3 is 1. The van der Waals surface area contributed by atoms with Crippen LogP contribution in [0.3, 0.4) is 0 Å². The van der Waals surface area contributed by atoms with Gasteiger partial charge in [0, 0.05) is 23.5 Å². The van der Waals surface area contributed by atoms with E-state index in [0.717, 1.165) is 15.6 Å². The van der Waals surface area contributed by atoms with Gasteiger partial charge in [0.25, 0.3) is 0 Å². The van der Waals surface area contributed by atoms with Crippen molar-refractivity contribution in [2.24, 2.45) is 0 Å². The molecule has 0 amide bonds. The van der Waals surface area contributed by atoms with Crippen molar-refractivity contribution in [3.05, 3.63) is 34.2 Å². The highest BCUT2D eigenvalue weighted by Gasteiger charge is 2.20. The van der Waals surface area contributed by atoms with Crippen molar-refractivity contribution >= 4 is 11.3 Å². The van der Waals surface area contributed by atoms with Crippen LogP contribution in [0.1, 0.15) is 21.6 Å². The summed E-state index contributed by atoms with van der Waals surface area (Å²) in [6, 6.07) is -0.0372. The lowest BCUT2D eigenvalue weighted by molar-refractivity contribution is 0.384. The van der Waals surface area contributed by atoms with E-state index >= 15 is 0 Å². The molecule has 6 heteroatoms. The summed E-state index contributed by atoms with van der Waals surface area (Å²) >= 11 is 1.64. The molecule has 0 spiro atoms. The lowest BCUT2D eigenvalue weighted by atomic mass is 10.2. The summed E-state index contributed by atoms with van der Waals surface area (Å²) in [7, 11) is 3.48. The highest BCUT2D eigenvalue weighted by atomic mass is 32.1. The molecule has 2 heterocycles. The number of thiazole rings is 1. The molecule has 0 bridgehead atoms. The first-order chi connectivity index (χ1) is 8.26. The van der Waals surface area contributed by atoms with Gasteiger partial charge in [-0.05, 0) is 14.0 Å². The number of aryl methyl sites for hydroxylation is 1. The van der Waals surface area contributed by atoms with Gasteiger partial charge in [0.15, 0.2) is 0 Å². The lowest BCUT2D eigenvalue weighted by Crippen LogP contribution is -2.19. The third-order valence-corrected chi connectivity index (χ3v) is 3.35. The third kappa shape index (κ3) is 2.42. The van der Waals surface area contributed by atoms with Gasteiger partial charge in [-0.2, -0.15) is 0 Å². The highest BCUT2D eigenvalue weighted by molar-refractivity contribution is 7.11.